The van der Waals surface area contributed by atoms with E-state index in [0.717, 1.165) is 30.0 Å². The van der Waals surface area contributed by atoms with Crippen molar-refractivity contribution in [3.05, 3.63) is 42.0 Å². The summed E-state index contributed by atoms with van der Waals surface area (Å²) in [6, 6.07) is 11.6. The van der Waals surface area contributed by atoms with Crippen LogP contribution in [0.1, 0.15) is 25.3 Å². The van der Waals surface area contributed by atoms with E-state index < -0.39 is 0 Å². The number of aryl methyl sites for hydroxylation is 1. The van der Waals surface area contributed by atoms with E-state index in [-0.39, 0.29) is 6.10 Å². The minimum atomic E-state index is -0.213. The van der Waals surface area contributed by atoms with Gasteiger partial charge in [-0.25, -0.2) is 0 Å². The maximum Gasteiger partial charge on any atom is 0.116 e. The molecule has 0 saturated carbocycles. The lowest BCUT2D eigenvalue weighted by Crippen LogP contribution is -2.05. The Morgan fingerprint density at radius 1 is 1.06 bits per heavy atom. The Bertz CT molecular complexity index is 505. The molecule has 0 radical (unpaired) electrons. The predicted octanol–water partition coefficient (Wildman–Crippen LogP) is 3.25. The Labute approximate surface area is 102 Å². The van der Waals surface area contributed by atoms with Crippen molar-refractivity contribution < 1.29 is 10.2 Å². The fourth-order valence-corrected chi connectivity index (χ4v) is 1.98. The summed E-state index contributed by atoms with van der Waals surface area (Å²) in [5.41, 5.74) is 1.20. The molecule has 1 atom stereocenters. The number of phenolic OH excluding ortho intramolecular Hbond substituents is 1. The Hall–Kier alpha value is -1.54. The summed E-state index contributed by atoms with van der Waals surface area (Å²) in [7, 11) is 0. The quantitative estimate of drug-likeness (QED) is 0.846. The van der Waals surface area contributed by atoms with Gasteiger partial charge in [0.15, 0.2) is 0 Å². The average Bonchev–Trinajstić information content (AvgIpc) is 2.35. The monoisotopic (exact) mass is 230 g/mol. The first kappa shape index (κ1) is 11.9. The van der Waals surface area contributed by atoms with Gasteiger partial charge < -0.3 is 10.2 Å². The summed E-state index contributed by atoms with van der Waals surface area (Å²) >= 11 is 0. The Morgan fingerprint density at radius 2 is 1.82 bits per heavy atom. The molecule has 17 heavy (non-hydrogen) atoms. The van der Waals surface area contributed by atoms with Crippen LogP contribution in [0.4, 0.5) is 0 Å². The van der Waals surface area contributed by atoms with Gasteiger partial charge in [-0.05, 0) is 47.7 Å². The standard InChI is InChI=1S/C15H18O2/c1-2-14(16)7-4-11-3-5-12-6-8-15(17)10-13(12)9-11/h3,5-6,8-10,14,16-17H,2,4,7H2,1H3. The van der Waals surface area contributed by atoms with E-state index in [4.69, 9.17) is 0 Å². The first-order chi connectivity index (χ1) is 8.19. The van der Waals surface area contributed by atoms with Crippen LogP contribution in [0.15, 0.2) is 36.4 Å². The number of aliphatic hydroxyl groups is 1. The molecule has 2 rings (SSSR count). The summed E-state index contributed by atoms with van der Waals surface area (Å²) in [6.45, 7) is 1.99. The number of phenols is 1. The molecule has 0 bridgehead atoms. The summed E-state index contributed by atoms with van der Waals surface area (Å²) < 4.78 is 0. The van der Waals surface area contributed by atoms with E-state index in [1.807, 2.05) is 13.0 Å². The zero-order chi connectivity index (χ0) is 12.3. The van der Waals surface area contributed by atoms with Crippen molar-refractivity contribution in [3.63, 3.8) is 0 Å². The molecule has 0 fully saturated rings. The maximum atomic E-state index is 9.54. The first-order valence-corrected chi connectivity index (χ1v) is 6.09. The van der Waals surface area contributed by atoms with Crippen LogP contribution in [0.5, 0.6) is 5.75 Å². The Morgan fingerprint density at radius 3 is 2.59 bits per heavy atom. The summed E-state index contributed by atoms with van der Waals surface area (Å²) in [4.78, 5) is 0. The van der Waals surface area contributed by atoms with E-state index >= 15 is 0 Å². The third kappa shape index (κ3) is 2.98. The number of aromatic hydroxyl groups is 1. The molecule has 0 aliphatic carbocycles. The largest absolute Gasteiger partial charge is 0.508 e. The lowest BCUT2D eigenvalue weighted by molar-refractivity contribution is 0.160. The number of benzene rings is 2. The van der Waals surface area contributed by atoms with Gasteiger partial charge in [0.05, 0.1) is 6.10 Å². The van der Waals surface area contributed by atoms with E-state index in [2.05, 4.69) is 18.2 Å². The van der Waals surface area contributed by atoms with Gasteiger partial charge in [-0.3, -0.25) is 0 Å². The van der Waals surface area contributed by atoms with Crippen molar-refractivity contribution in [1.29, 1.82) is 0 Å². The first-order valence-electron chi connectivity index (χ1n) is 6.09. The van der Waals surface area contributed by atoms with Gasteiger partial charge >= 0.3 is 0 Å². The van der Waals surface area contributed by atoms with Gasteiger partial charge in [-0.2, -0.15) is 0 Å². The average molecular weight is 230 g/mol. The minimum absolute atomic E-state index is 0.213. The van der Waals surface area contributed by atoms with Crippen LogP contribution >= 0.6 is 0 Å². The van der Waals surface area contributed by atoms with Crippen molar-refractivity contribution in [3.8, 4) is 5.75 Å². The minimum Gasteiger partial charge on any atom is -0.508 e. The molecule has 2 nitrogen and oxygen atoms in total. The van der Waals surface area contributed by atoms with E-state index in [0.29, 0.717) is 5.75 Å². The second-order valence-electron chi connectivity index (χ2n) is 4.47. The highest BCUT2D eigenvalue weighted by atomic mass is 16.3. The van der Waals surface area contributed by atoms with Gasteiger partial charge in [0.25, 0.3) is 0 Å². The van der Waals surface area contributed by atoms with Gasteiger partial charge in [0.1, 0.15) is 5.75 Å². The van der Waals surface area contributed by atoms with Crippen molar-refractivity contribution in [2.24, 2.45) is 0 Å². The molecule has 2 aromatic rings. The lowest BCUT2D eigenvalue weighted by Gasteiger charge is -2.08. The SMILES string of the molecule is CCC(O)CCc1ccc2ccc(O)cc2c1. The van der Waals surface area contributed by atoms with Crippen molar-refractivity contribution in [2.45, 2.75) is 32.3 Å². The molecule has 0 amide bonds. The van der Waals surface area contributed by atoms with Crippen molar-refractivity contribution in [1.82, 2.24) is 0 Å². The van der Waals surface area contributed by atoms with Crippen molar-refractivity contribution in [2.75, 3.05) is 0 Å². The third-order valence-electron chi connectivity index (χ3n) is 3.13. The number of aliphatic hydroxyl groups excluding tert-OH is 1. The highest BCUT2D eigenvalue weighted by molar-refractivity contribution is 5.84. The molecular formula is C15H18O2. The van der Waals surface area contributed by atoms with Gasteiger partial charge in [-0.15, -0.1) is 0 Å². The fraction of sp³-hybridized carbons (Fsp3) is 0.333. The molecule has 2 aromatic carbocycles. The van der Waals surface area contributed by atoms with Gasteiger partial charge in [-0.1, -0.05) is 31.2 Å². The molecule has 0 aliphatic rings. The molecule has 0 heterocycles. The Kier molecular flexibility index (Phi) is 3.64. The van der Waals surface area contributed by atoms with Crippen LogP contribution in [-0.2, 0) is 6.42 Å². The molecular weight excluding hydrogens is 212 g/mol. The van der Waals surface area contributed by atoms with Crippen LogP contribution in [0, 0.1) is 0 Å². The molecule has 90 valence electrons. The highest BCUT2D eigenvalue weighted by Gasteiger charge is 2.02. The molecule has 0 aromatic heterocycles. The fourth-order valence-electron chi connectivity index (χ4n) is 1.98. The molecule has 1 unspecified atom stereocenters. The second-order valence-corrected chi connectivity index (χ2v) is 4.47. The normalized spacial score (nSPS) is 12.8. The van der Waals surface area contributed by atoms with Crippen LogP contribution in [0.25, 0.3) is 10.8 Å². The van der Waals surface area contributed by atoms with Crippen LogP contribution < -0.4 is 0 Å². The molecule has 0 spiro atoms. The van der Waals surface area contributed by atoms with Crippen LogP contribution in [0.3, 0.4) is 0 Å². The summed E-state index contributed by atoms with van der Waals surface area (Å²) in [5.74, 6) is 0.295. The topological polar surface area (TPSA) is 40.5 Å². The van der Waals surface area contributed by atoms with Crippen molar-refractivity contribution >= 4 is 10.8 Å². The van der Waals surface area contributed by atoms with E-state index in [1.165, 1.54) is 5.56 Å². The number of rotatable bonds is 4. The number of hydrogen-bond acceptors (Lipinski definition) is 2. The lowest BCUT2D eigenvalue weighted by atomic mass is 10.0. The zero-order valence-electron chi connectivity index (χ0n) is 10.1. The maximum absolute atomic E-state index is 9.54. The number of fused-ring (bicyclic) bond motifs is 1. The van der Waals surface area contributed by atoms with E-state index in [1.54, 1.807) is 12.1 Å². The van der Waals surface area contributed by atoms with Crippen LogP contribution in [0.2, 0.25) is 0 Å². The van der Waals surface area contributed by atoms with Crippen LogP contribution in [-0.4, -0.2) is 16.3 Å². The molecule has 2 heteroatoms. The third-order valence-corrected chi connectivity index (χ3v) is 3.13. The van der Waals surface area contributed by atoms with Gasteiger partial charge in [0, 0.05) is 0 Å². The zero-order valence-corrected chi connectivity index (χ0v) is 10.1. The molecule has 2 N–H and O–H groups in total. The Balaban J connectivity index is 2.19. The highest BCUT2D eigenvalue weighted by Crippen LogP contribution is 2.22. The molecule has 0 saturated heterocycles. The summed E-state index contributed by atoms with van der Waals surface area (Å²) in [5, 5.41) is 21.2. The molecule has 0 aliphatic heterocycles. The van der Waals surface area contributed by atoms with E-state index in [9.17, 15) is 10.2 Å². The second kappa shape index (κ2) is 5.19. The summed E-state index contributed by atoms with van der Waals surface area (Å²) in [6.07, 6.45) is 2.25. The van der Waals surface area contributed by atoms with Gasteiger partial charge in [0.2, 0.25) is 0 Å². The predicted molar refractivity (Wildman–Crippen MR) is 70.2 cm³/mol. The smallest absolute Gasteiger partial charge is 0.116 e. The number of hydrogen-bond donors (Lipinski definition) is 2.